The maximum absolute atomic E-state index is 13.4. The van der Waals surface area contributed by atoms with Crippen LogP contribution in [0.2, 0.25) is 0 Å². The van der Waals surface area contributed by atoms with E-state index in [1.807, 2.05) is 48.2 Å². The highest BCUT2D eigenvalue weighted by molar-refractivity contribution is 5.78. The van der Waals surface area contributed by atoms with Crippen molar-refractivity contribution in [2.45, 2.75) is 57.9 Å². The Labute approximate surface area is 218 Å². The number of likely N-dealkylation sites (tertiary alicyclic amines) is 1. The summed E-state index contributed by atoms with van der Waals surface area (Å²) >= 11 is 0. The van der Waals surface area contributed by atoms with Crippen LogP contribution < -0.4 is 9.47 Å². The number of carbonyl (C=O) groups excluding carboxylic acids is 1. The molecule has 4 rings (SSSR count). The number of unbranched alkanes of at least 4 members (excludes halogenated alkanes) is 1. The molecule has 3 atom stereocenters. The third-order valence-corrected chi connectivity index (χ3v) is 7.06. The minimum absolute atomic E-state index is 0.102. The van der Waals surface area contributed by atoms with Crippen molar-refractivity contribution >= 4 is 11.9 Å². The van der Waals surface area contributed by atoms with Crippen LogP contribution in [0.4, 0.5) is 0 Å². The van der Waals surface area contributed by atoms with Crippen LogP contribution in [-0.4, -0.2) is 71.0 Å². The van der Waals surface area contributed by atoms with Crippen molar-refractivity contribution in [3.63, 3.8) is 0 Å². The topological polar surface area (TPSA) is 101 Å². The summed E-state index contributed by atoms with van der Waals surface area (Å²) in [5.41, 5.74) is 1.78. The highest BCUT2D eigenvalue weighted by atomic mass is 16.7. The predicted octanol–water partition coefficient (Wildman–Crippen LogP) is 3.88. The molecule has 2 aliphatic heterocycles. The number of aliphatic carboxylic acids is 1. The van der Waals surface area contributed by atoms with Crippen molar-refractivity contribution < 1.29 is 29.0 Å². The SMILES string of the molecule is CCCCN(OCCC)C(=O)CN1CC(c2ccc3c(c2)OCO3)C(C(=O)O)C1CCc1ccccn1. The van der Waals surface area contributed by atoms with Crippen molar-refractivity contribution in [1.29, 1.82) is 0 Å². The lowest BCUT2D eigenvalue weighted by molar-refractivity contribution is -0.188. The summed E-state index contributed by atoms with van der Waals surface area (Å²) in [6, 6.07) is 11.0. The molecule has 0 spiro atoms. The van der Waals surface area contributed by atoms with Gasteiger partial charge in [-0.3, -0.25) is 24.3 Å². The maximum Gasteiger partial charge on any atom is 0.308 e. The molecule has 9 heteroatoms. The molecule has 3 unspecified atom stereocenters. The van der Waals surface area contributed by atoms with Gasteiger partial charge in [0, 0.05) is 36.9 Å². The quantitative estimate of drug-likeness (QED) is 0.405. The van der Waals surface area contributed by atoms with Crippen LogP contribution in [0, 0.1) is 5.92 Å². The van der Waals surface area contributed by atoms with E-state index in [-0.39, 0.29) is 31.2 Å². The number of hydrogen-bond donors (Lipinski definition) is 1. The standard InChI is InChI=1S/C28H37N3O6/c1-3-5-14-31(37-15-4-2)26(32)18-30-17-22(20-9-12-24-25(16-20)36-19-35-24)27(28(33)34)23(30)11-10-21-8-6-7-13-29-21/h6-9,12-13,16,22-23,27H,3-5,10-11,14-15,17-19H2,1-2H3,(H,33,34). The fourth-order valence-electron chi connectivity index (χ4n) is 5.19. The highest BCUT2D eigenvalue weighted by Gasteiger charge is 2.47. The third kappa shape index (κ3) is 6.59. The van der Waals surface area contributed by atoms with Crippen molar-refractivity contribution in [2.75, 3.05) is 33.0 Å². The second kappa shape index (κ2) is 12.9. The number of nitrogens with zero attached hydrogens (tertiary/aromatic N) is 3. The molecule has 1 fully saturated rings. The van der Waals surface area contributed by atoms with Crippen LogP contribution in [0.3, 0.4) is 0 Å². The Kier molecular flexibility index (Phi) is 9.35. The number of carboxylic acid groups (broad SMARTS) is 1. The number of carbonyl (C=O) groups is 2. The van der Waals surface area contributed by atoms with Gasteiger partial charge < -0.3 is 14.6 Å². The minimum atomic E-state index is -0.867. The van der Waals surface area contributed by atoms with Crippen LogP contribution in [-0.2, 0) is 20.8 Å². The Bertz CT molecular complexity index is 1040. The number of fused-ring (bicyclic) bond motifs is 1. The van der Waals surface area contributed by atoms with E-state index >= 15 is 0 Å². The third-order valence-electron chi connectivity index (χ3n) is 7.06. The van der Waals surface area contributed by atoms with Gasteiger partial charge in [-0.25, -0.2) is 5.06 Å². The summed E-state index contributed by atoms with van der Waals surface area (Å²) in [6.07, 6.45) is 5.54. The van der Waals surface area contributed by atoms with E-state index in [1.165, 1.54) is 5.06 Å². The Hall–Kier alpha value is -3.17. The minimum Gasteiger partial charge on any atom is -0.481 e. The van der Waals surface area contributed by atoms with Gasteiger partial charge in [0.1, 0.15) is 0 Å². The number of rotatable bonds is 13. The summed E-state index contributed by atoms with van der Waals surface area (Å²) in [5.74, 6) is -0.701. The van der Waals surface area contributed by atoms with Crippen LogP contribution >= 0.6 is 0 Å². The largest absolute Gasteiger partial charge is 0.481 e. The smallest absolute Gasteiger partial charge is 0.308 e. The fraction of sp³-hybridized carbons (Fsp3) is 0.536. The van der Waals surface area contributed by atoms with Gasteiger partial charge in [-0.15, -0.1) is 0 Å². The lowest BCUT2D eigenvalue weighted by Gasteiger charge is -2.29. The molecule has 0 saturated carbocycles. The lowest BCUT2D eigenvalue weighted by Crippen LogP contribution is -2.44. The number of carboxylic acids is 1. The summed E-state index contributed by atoms with van der Waals surface area (Å²) < 4.78 is 11.0. The number of aryl methyl sites for hydroxylation is 1. The zero-order valence-electron chi connectivity index (χ0n) is 21.7. The molecule has 1 saturated heterocycles. The van der Waals surface area contributed by atoms with Gasteiger partial charge in [0.15, 0.2) is 11.5 Å². The molecule has 1 aromatic carbocycles. The van der Waals surface area contributed by atoms with E-state index in [4.69, 9.17) is 14.3 Å². The van der Waals surface area contributed by atoms with Crippen molar-refractivity contribution in [3.05, 3.63) is 53.9 Å². The second-order valence-electron chi connectivity index (χ2n) is 9.62. The normalized spacial score (nSPS) is 20.8. The van der Waals surface area contributed by atoms with E-state index in [9.17, 15) is 14.7 Å². The van der Waals surface area contributed by atoms with E-state index in [2.05, 4.69) is 11.9 Å². The summed E-state index contributed by atoms with van der Waals surface area (Å²) in [6.45, 7) is 5.78. The molecule has 2 aromatic rings. The zero-order valence-corrected chi connectivity index (χ0v) is 21.7. The zero-order chi connectivity index (χ0) is 26.2. The van der Waals surface area contributed by atoms with Gasteiger partial charge in [0.25, 0.3) is 5.91 Å². The Balaban J connectivity index is 1.59. The van der Waals surface area contributed by atoms with Gasteiger partial charge in [-0.05, 0) is 55.5 Å². The fourth-order valence-corrected chi connectivity index (χ4v) is 5.19. The number of hydroxylamine groups is 2. The predicted molar refractivity (Wildman–Crippen MR) is 137 cm³/mol. The first-order valence-electron chi connectivity index (χ1n) is 13.2. The number of hydrogen-bond acceptors (Lipinski definition) is 7. The van der Waals surface area contributed by atoms with Gasteiger partial charge in [-0.2, -0.15) is 0 Å². The Morgan fingerprint density at radius 2 is 2.00 bits per heavy atom. The number of benzene rings is 1. The van der Waals surface area contributed by atoms with Crippen molar-refractivity contribution in [3.8, 4) is 11.5 Å². The summed E-state index contributed by atoms with van der Waals surface area (Å²) in [4.78, 5) is 38.2. The lowest BCUT2D eigenvalue weighted by atomic mass is 9.83. The molecule has 200 valence electrons. The first-order chi connectivity index (χ1) is 18.0. The summed E-state index contributed by atoms with van der Waals surface area (Å²) in [7, 11) is 0. The average Bonchev–Trinajstić information content (AvgIpc) is 3.52. The Morgan fingerprint density at radius 3 is 2.73 bits per heavy atom. The van der Waals surface area contributed by atoms with Crippen LogP contribution in [0.1, 0.15) is 56.7 Å². The maximum atomic E-state index is 13.4. The Morgan fingerprint density at radius 1 is 1.16 bits per heavy atom. The molecule has 3 heterocycles. The number of aromatic nitrogens is 1. The van der Waals surface area contributed by atoms with E-state index in [1.54, 1.807) is 6.20 Å². The second-order valence-corrected chi connectivity index (χ2v) is 9.62. The molecule has 9 nitrogen and oxygen atoms in total. The molecular formula is C28H37N3O6. The molecule has 2 aliphatic rings. The van der Waals surface area contributed by atoms with Crippen molar-refractivity contribution in [2.24, 2.45) is 5.92 Å². The van der Waals surface area contributed by atoms with Gasteiger partial charge in [-0.1, -0.05) is 32.4 Å². The molecule has 0 radical (unpaired) electrons. The molecule has 37 heavy (non-hydrogen) atoms. The highest BCUT2D eigenvalue weighted by Crippen LogP contribution is 2.43. The van der Waals surface area contributed by atoms with Crippen LogP contribution in [0.15, 0.2) is 42.6 Å². The number of amides is 1. The van der Waals surface area contributed by atoms with E-state index < -0.39 is 11.9 Å². The first-order valence-corrected chi connectivity index (χ1v) is 13.2. The molecular weight excluding hydrogens is 474 g/mol. The van der Waals surface area contributed by atoms with Gasteiger partial charge >= 0.3 is 5.97 Å². The molecule has 1 N–H and O–H groups in total. The van der Waals surface area contributed by atoms with Gasteiger partial charge in [0.2, 0.25) is 6.79 Å². The molecule has 1 amide bonds. The van der Waals surface area contributed by atoms with Crippen LogP contribution in [0.5, 0.6) is 11.5 Å². The number of ether oxygens (including phenoxy) is 2. The molecule has 0 aliphatic carbocycles. The monoisotopic (exact) mass is 511 g/mol. The van der Waals surface area contributed by atoms with E-state index in [0.29, 0.717) is 44.0 Å². The first kappa shape index (κ1) is 26.9. The van der Waals surface area contributed by atoms with E-state index in [0.717, 1.165) is 30.5 Å². The van der Waals surface area contributed by atoms with Crippen LogP contribution in [0.25, 0.3) is 0 Å². The average molecular weight is 512 g/mol. The molecule has 0 bridgehead atoms. The van der Waals surface area contributed by atoms with Gasteiger partial charge in [0.05, 0.1) is 19.1 Å². The number of pyridine rings is 1. The van der Waals surface area contributed by atoms with Crippen molar-refractivity contribution in [1.82, 2.24) is 14.9 Å². The summed E-state index contributed by atoms with van der Waals surface area (Å²) in [5, 5.41) is 11.8. The molecule has 1 aromatic heterocycles.